The number of fused-ring (bicyclic) bond motifs is 1. The molecule has 2 aromatic rings. The van der Waals surface area contributed by atoms with Crippen LogP contribution in [0.3, 0.4) is 0 Å². The minimum absolute atomic E-state index is 0.0787. The van der Waals surface area contributed by atoms with Crippen LogP contribution in [0.2, 0.25) is 0 Å². The number of ether oxygens (including phenoxy) is 3. The molecule has 0 bridgehead atoms. The molecule has 0 saturated heterocycles. The Bertz CT molecular complexity index is 859. The quantitative estimate of drug-likeness (QED) is 0.747. The zero-order chi connectivity index (χ0) is 18.9. The van der Waals surface area contributed by atoms with Gasteiger partial charge in [0.05, 0.1) is 25.4 Å². The molecule has 1 aromatic carbocycles. The Morgan fingerprint density at radius 3 is 2.78 bits per heavy atom. The van der Waals surface area contributed by atoms with Crippen molar-refractivity contribution in [2.45, 2.75) is 50.7 Å². The number of hydrogen-bond acceptors (Lipinski definition) is 6. The summed E-state index contributed by atoms with van der Waals surface area (Å²) in [5.74, 6) is 1.19. The molecule has 0 amide bonds. The van der Waals surface area contributed by atoms with E-state index in [1.54, 1.807) is 24.3 Å². The summed E-state index contributed by atoms with van der Waals surface area (Å²) in [7, 11) is 1.32. The van der Waals surface area contributed by atoms with Crippen molar-refractivity contribution in [2.75, 3.05) is 7.11 Å². The van der Waals surface area contributed by atoms with Gasteiger partial charge in [0.15, 0.2) is 11.5 Å². The van der Waals surface area contributed by atoms with Crippen LogP contribution in [0.25, 0.3) is 0 Å². The highest BCUT2D eigenvalue weighted by molar-refractivity contribution is 6.00. The van der Waals surface area contributed by atoms with E-state index < -0.39 is 5.97 Å². The fraction of sp³-hybridized carbons (Fsp3) is 0.429. The van der Waals surface area contributed by atoms with Gasteiger partial charge >= 0.3 is 5.97 Å². The summed E-state index contributed by atoms with van der Waals surface area (Å²) in [6, 6.07) is 6.78. The Morgan fingerprint density at radius 1 is 1.19 bits per heavy atom. The zero-order valence-corrected chi connectivity index (χ0v) is 15.3. The van der Waals surface area contributed by atoms with E-state index in [9.17, 15) is 9.59 Å². The van der Waals surface area contributed by atoms with Gasteiger partial charge in [0.1, 0.15) is 29.3 Å². The molecule has 1 aliphatic heterocycles. The lowest BCUT2D eigenvalue weighted by Gasteiger charge is -2.40. The molecule has 0 radical (unpaired) electrons. The molecule has 142 valence electrons. The van der Waals surface area contributed by atoms with Gasteiger partial charge in [-0.1, -0.05) is 6.42 Å². The molecule has 0 atom stereocenters. The van der Waals surface area contributed by atoms with Crippen molar-refractivity contribution in [3.63, 3.8) is 0 Å². The molecule has 1 aliphatic carbocycles. The van der Waals surface area contributed by atoms with Crippen LogP contribution in [0, 0.1) is 0 Å². The second kappa shape index (κ2) is 7.10. The number of carbonyl (C=O) groups is 2. The maximum atomic E-state index is 12.6. The maximum Gasteiger partial charge on any atom is 0.341 e. The number of carbonyl (C=O) groups excluding carboxylic acids is 2. The first-order valence-corrected chi connectivity index (χ1v) is 9.24. The summed E-state index contributed by atoms with van der Waals surface area (Å²) in [6.45, 7) is 0.0787. The van der Waals surface area contributed by atoms with Crippen LogP contribution in [0.1, 0.15) is 65.0 Å². The van der Waals surface area contributed by atoms with Crippen LogP contribution >= 0.6 is 0 Å². The maximum absolute atomic E-state index is 12.6. The molecule has 6 nitrogen and oxygen atoms in total. The van der Waals surface area contributed by atoms with Crippen molar-refractivity contribution in [1.82, 2.24) is 0 Å². The summed E-state index contributed by atoms with van der Waals surface area (Å²) in [5, 5.41) is 0. The number of esters is 1. The van der Waals surface area contributed by atoms with Crippen molar-refractivity contribution in [1.29, 1.82) is 0 Å². The average molecular weight is 370 g/mol. The second-order valence-electron chi connectivity index (χ2n) is 7.14. The molecule has 0 N–H and O–H groups in total. The van der Waals surface area contributed by atoms with Gasteiger partial charge in [-0.15, -0.1) is 0 Å². The molecule has 0 unspecified atom stereocenters. The number of ketones is 1. The number of furan rings is 1. The minimum Gasteiger partial charge on any atom is -0.486 e. The molecule has 1 spiro atoms. The molecule has 1 aromatic heterocycles. The normalized spacial score (nSPS) is 17.9. The standard InChI is InChI=1S/C21H22O6/c1-24-20(23)16-7-10-25-19(16)13-26-14-5-6-15-17(22)12-21(27-18(15)11-14)8-3-2-4-9-21/h5-7,10-11H,2-4,8-9,12-13H2,1H3. The van der Waals surface area contributed by atoms with Crippen molar-refractivity contribution in [3.8, 4) is 11.5 Å². The third-order valence-corrected chi connectivity index (χ3v) is 5.35. The second-order valence-corrected chi connectivity index (χ2v) is 7.14. The monoisotopic (exact) mass is 370 g/mol. The van der Waals surface area contributed by atoms with E-state index >= 15 is 0 Å². The van der Waals surface area contributed by atoms with E-state index in [1.165, 1.54) is 19.8 Å². The molecule has 4 rings (SSSR count). The number of Topliss-reactive ketones (excluding diaryl/α,β-unsaturated/α-hetero) is 1. The molecular formula is C21H22O6. The van der Waals surface area contributed by atoms with Gasteiger partial charge in [0.2, 0.25) is 0 Å². The highest BCUT2D eigenvalue weighted by Gasteiger charge is 2.41. The molecular weight excluding hydrogens is 348 g/mol. The molecule has 1 fully saturated rings. The SMILES string of the molecule is COC(=O)c1ccoc1COc1ccc2c(c1)OC1(CCCCC1)CC2=O. The molecule has 6 heteroatoms. The largest absolute Gasteiger partial charge is 0.486 e. The summed E-state index contributed by atoms with van der Waals surface area (Å²) in [4.78, 5) is 24.3. The van der Waals surface area contributed by atoms with Gasteiger partial charge in [0, 0.05) is 6.07 Å². The first kappa shape index (κ1) is 17.6. The average Bonchev–Trinajstić information content (AvgIpc) is 3.14. The Hall–Kier alpha value is -2.76. The first-order valence-electron chi connectivity index (χ1n) is 9.24. The fourth-order valence-corrected chi connectivity index (χ4v) is 3.93. The Morgan fingerprint density at radius 2 is 2.00 bits per heavy atom. The Labute approximate surface area is 157 Å². The Balaban J connectivity index is 1.52. The lowest BCUT2D eigenvalue weighted by molar-refractivity contribution is 0.0134. The third kappa shape index (κ3) is 3.44. The van der Waals surface area contributed by atoms with E-state index in [4.69, 9.17) is 18.6 Å². The van der Waals surface area contributed by atoms with Crippen LogP contribution in [0.15, 0.2) is 34.9 Å². The first-order chi connectivity index (χ1) is 13.1. The van der Waals surface area contributed by atoms with Gasteiger partial charge in [-0.05, 0) is 43.9 Å². The van der Waals surface area contributed by atoms with Gasteiger partial charge < -0.3 is 18.6 Å². The van der Waals surface area contributed by atoms with Crippen molar-refractivity contribution >= 4 is 11.8 Å². The van der Waals surface area contributed by atoms with Crippen LogP contribution < -0.4 is 9.47 Å². The molecule has 27 heavy (non-hydrogen) atoms. The zero-order valence-electron chi connectivity index (χ0n) is 15.3. The van der Waals surface area contributed by atoms with Crippen LogP contribution in [-0.4, -0.2) is 24.5 Å². The van der Waals surface area contributed by atoms with Gasteiger partial charge in [-0.2, -0.15) is 0 Å². The smallest absolute Gasteiger partial charge is 0.341 e. The third-order valence-electron chi connectivity index (χ3n) is 5.35. The lowest BCUT2D eigenvalue weighted by atomic mass is 9.78. The predicted octanol–water partition coefficient (Wildman–Crippen LogP) is 4.31. The number of hydrogen-bond donors (Lipinski definition) is 0. The molecule has 2 heterocycles. The van der Waals surface area contributed by atoms with Crippen LogP contribution in [-0.2, 0) is 11.3 Å². The van der Waals surface area contributed by atoms with Crippen LogP contribution in [0.4, 0.5) is 0 Å². The fourth-order valence-electron chi connectivity index (χ4n) is 3.93. The van der Waals surface area contributed by atoms with E-state index in [2.05, 4.69) is 0 Å². The summed E-state index contributed by atoms with van der Waals surface area (Å²) < 4.78 is 22.1. The van der Waals surface area contributed by atoms with Gasteiger partial charge in [-0.25, -0.2) is 4.79 Å². The van der Waals surface area contributed by atoms with E-state index in [1.807, 2.05) is 0 Å². The lowest BCUT2D eigenvalue weighted by Crippen LogP contribution is -2.43. The highest BCUT2D eigenvalue weighted by atomic mass is 16.5. The molecule has 1 saturated carbocycles. The van der Waals surface area contributed by atoms with Gasteiger partial charge in [0.25, 0.3) is 0 Å². The van der Waals surface area contributed by atoms with Crippen LogP contribution in [0.5, 0.6) is 11.5 Å². The van der Waals surface area contributed by atoms with Crippen molar-refractivity contribution < 1.29 is 28.2 Å². The van der Waals surface area contributed by atoms with E-state index in [0.29, 0.717) is 34.8 Å². The van der Waals surface area contributed by atoms with Crippen molar-refractivity contribution in [2.24, 2.45) is 0 Å². The number of rotatable bonds is 4. The summed E-state index contributed by atoms with van der Waals surface area (Å²) >= 11 is 0. The van der Waals surface area contributed by atoms with Crippen molar-refractivity contribution in [3.05, 3.63) is 47.4 Å². The summed E-state index contributed by atoms with van der Waals surface area (Å²) in [5.41, 5.74) is 0.579. The minimum atomic E-state index is -0.471. The number of benzene rings is 1. The summed E-state index contributed by atoms with van der Waals surface area (Å²) in [6.07, 6.45) is 7.08. The Kier molecular flexibility index (Phi) is 4.64. The topological polar surface area (TPSA) is 75.0 Å². The molecule has 2 aliphatic rings. The number of methoxy groups -OCH3 is 1. The highest BCUT2D eigenvalue weighted by Crippen LogP contribution is 2.42. The van der Waals surface area contributed by atoms with E-state index in [0.717, 1.165) is 25.7 Å². The predicted molar refractivity (Wildman–Crippen MR) is 96.2 cm³/mol. The van der Waals surface area contributed by atoms with Gasteiger partial charge in [-0.3, -0.25) is 4.79 Å². The van der Waals surface area contributed by atoms with E-state index in [-0.39, 0.29) is 18.0 Å².